The minimum atomic E-state index is -0.138. The Labute approximate surface area is 110 Å². The first-order valence-electron chi connectivity index (χ1n) is 6.01. The van der Waals surface area contributed by atoms with Crippen LogP contribution in [-0.4, -0.2) is 31.1 Å². The first kappa shape index (κ1) is 13.0. The summed E-state index contributed by atoms with van der Waals surface area (Å²) >= 11 is 3.39. The molecule has 2 nitrogen and oxygen atoms in total. The second kappa shape index (κ2) is 5.94. The SMILES string of the molecule is CN(CCNC1CC1)Cc1c(F)cccc1Br. The molecule has 4 heteroatoms. The highest BCUT2D eigenvalue weighted by atomic mass is 79.9. The van der Waals surface area contributed by atoms with Crippen LogP contribution in [0.1, 0.15) is 18.4 Å². The first-order chi connectivity index (χ1) is 8.16. The van der Waals surface area contributed by atoms with Gasteiger partial charge in [0, 0.05) is 35.7 Å². The fourth-order valence-electron chi connectivity index (χ4n) is 1.78. The predicted octanol–water partition coefficient (Wildman–Crippen LogP) is 2.77. The van der Waals surface area contributed by atoms with Gasteiger partial charge in [0.15, 0.2) is 0 Å². The van der Waals surface area contributed by atoms with Crippen molar-refractivity contribution in [2.24, 2.45) is 0 Å². The van der Waals surface area contributed by atoms with Crippen molar-refractivity contribution in [3.63, 3.8) is 0 Å². The molecule has 0 radical (unpaired) electrons. The second-order valence-electron chi connectivity index (χ2n) is 4.67. The Balaban J connectivity index is 1.81. The predicted molar refractivity (Wildman–Crippen MR) is 71.5 cm³/mol. The van der Waals surface area contributed by atoms with E-state index in [1.807, 2.05) is 13.1 Å². The molecule has 0 aromatic heterocycles. The molecular formula is C13H18BrFN2. The van der Waals surface area contributed by atoms with Crippen LogP contribution in [0.5, 0.6) is 0 Å². The third-order valence-electron chi connectivity index (χ3n) is 2.99. The molecule has 0 bridgehead atoms. The van der Waals surface area contributed by atoms with E-state index in [9.17, 15) is 4.39 Å². The van der Waals surface area contributed by atoms with Crippen molar-refractivity contribution in [3.05, 3.63) is 34.1 Å². The number of nitrogens with zero attached hydrogens (tertiary/aromatic N) is 1. The molecule has 94 valence electrons. The number of benzene rings is 1. The molecule has 0 spiro atoms. The van der Waals surface area contributed by atoms with Gasteiger partial charge in [-0.25, -0.2) is 4.39 Å². The molecule has 0 heterocycles. The van der Waals surface area contributed by atoms with Crippen molar-refractivity contribution in [1.29, 1.82) is 0 Å². The number of nitrogens with one attached hydrogen (secondary N) is 1. The van der Waals surface area contributed by atoms with Gasteiger partial charge in [0.2, 0.25) is 0 Å². The number of rotatable bonds is 6. The Bertz CT molecular complexity index is 359. The van der Waals surface area contributed by atoms with Crippen LogP contribution in [-0.2, 0) is 6.54 Å². The van der Waals surface area contributed by atoms with Gasteiger partial charge in [0.1, 0.15) is 5.82 Å². The Morgan fingerprint density at radius 1 is 1.47 bits per heavy atom. The molecule has 1 fully saturated rings. The van der Waals surface area contributed by atoms with Crippen LogP contribution in [0.25, 0.3) is 0 Å². The monoisotopic (exact) mass is 300 g/mol. The molecule has 0 saturated heterocycles. The van der Waals surface area contributed by atoms with Gasteiger partial charge in [-0.15, -0.1) is 0 Å². The Kier molecular flexibility index (Phi) is 4.54. The molecule has 0 unspecified atom stereocenters. The van der Waals surface area contributed by atoms with Gasteiger partial charge in [-0.2, -0.15) is 0 Å². The fraction of sp³-hybridized carbons (Fsp3) is 0.538. The normalized spacial score (nSPS) is 15.5. The molecule has 0 atom stereocenters. The molecule has 1 N–H and O–H groups in total. The number of halogens is 2. The second-order valence-corrected chi connectivity index (χ2v) is 5.52. The van der Waals surface area contributed by atoms with Crippen molar-refractivity contribution in [2.45, 2.75) is 25.4 Å². The van der Waals surface area contributed by atoms with E-state index < -0.39 is 0 Å². The van der Waals surface area contributed by atoms with Crippen molar-refractivity contribution in [3.8, 4) is 0 Å². The van der Waals surface area contributed by atoms with Crippen molar-refractivity contribution in [2.75, 3.05) is 20.1 Å². The number of hydrogen-bond donors (Lipinski definition) is 1. The molecule has 1 aromatic carbocycles. The van der Waals surface area contributed by atoms with Crippen LogP contribution in [0.15, 0.2) is 22.7 Å². The van der Waals surface area contributed by atoms with E-state index in [1.165, 1.54) is 18.9 Å². The minimum Gasteiger partial charge on any atom is -0.313 e. The molecule has 0 aliphatic heterocycles. The van der Waals surface area contributed by atoms with E-state index in [4.69, 9.17) is 0 Å². The summed E-state index contributed by atoms with van der Waals surface area (Å²) in [6.45, 7) is 2.56. The maximum absolute atomic E-state index is 13.6. The summed E-state index contributed by atoms with van der Waals surface area (Å²) in [6.07, 6.45) is 2.62. The van der Waals surface area contributed by atoms with E-state index >= 15 is 0 Å². The maximum atomic E-state index is 13.6. The van der Waals surface area contributed by atoms with Crippen LogP contribution >= 0.6 is 15.9 Å². The summed E-state index contributed by atoms with van der Waals surface area (Å²) in [5.74, 6) is -0.138. The van der Waals surface area contributed by atoms with E-state index in [0.717, 1.165) is 29.2 Å². The van der Waals surface area contributed by atoms with Crippen LogP contribution in [0.2, 0.25) is 0 Å². The number of hydrogen-bond acceptors (Lipinski definition) is 2. The molecular weight excluding hydrogens is 283 g/mol. The fourth-order valence-corrected chi connectivity index (χ4v) is 2.25. The summed E-state index contributed by atoms with van der Waals surface area (Å²) in [5, 5.41) is 3.46. The molecule has 2 rings (SSSR count). The summed E-state index contributed by atoms with van der Waals surface area (Å²) in [5.41, 5.74) is 0.737. The summed E-state index contributed by atoms with van der Waals surface area (Å²) in [6, 6.07) is 5.85. The summed E-state index contributed by atoms with van der Waals surface area (Å²) < 4.78 is 14.4. The zero-order chi connectivity index (χ0) is 12.3. The average molecular weight is 301 g/mol. The molecule has 1 saturated carbocycles. The number of likely N-dealkylation sites (N-methyl/N-ethyl adjacent to an activating group) is 1. The zero-order valence-electron chi connectivity index (χ0n) is 10.0. The largest absolute Gasteiger partial charge is 0.313 e. The van der Waals surface area contributed by atoms with Crippen molar-refractivity contribution >= 4 is 15.9 Å². The van der Waals surface area contributed by atoms with Gasteiger partial charge >= 0.3 is 0 Å². The van der Waals surface area contributed by atoms with E-state index in [2.05, 4.69) is 26.1 Å². The van der Waals surface area contributed by atoms with E-state index in [1.54, 1.807) is 6.07 Å². The topological polar surface area (TPSA) is 15.3 Å². The first-order valence-corrected chi connectivity index (χ1v) is 6.81. The molecule has 0 amide bonds. The molecule has 1 aliphatic carbocycles. The summed E-state index contributed by atoms with van der Waals surface area (Å²) in [4.78, 5) is 2.14. The lowest BCUT2D eigenvalue weighted by Crippen LogP contribution is -2.30. The van der Waals surface area contributed by atoms with E-state index in [-0.39, 0.29) is 5.82 Å². The van der Waals surface area contributed by atoms with Gasteiger partial charge < -0.3 is 10.2 Å². The molecule has 17 heavy (non-hydrogen) atoms. The van der Waals surface area contributed by atoms with Gasteiger partial charge in [0.25, 0.3) is 0 Å². The van der Waals surface area contributed by atoms with Crippen LogP contribution in [0.3, 0.4) is 0 Å². The lowest BCUT2D eigenvalue weighted by atomic mass is 10.2. The third kappa shape index (κ3) is 4.05. The lowest BCUT2D eigenvalue weighted by Gasteiger charge is -2.18. The Morgan fingerprint density at radius 2 is 2.24 bits per heavy atom. The Morgan fingerprint density at radius 3 is 2.88 bits per heavy atom. The van der Waals surface area contributed by atoms with Crippen LogP contribution in [0, 0.1) is 5.82 Å². The standard InChI is InChI=1S/C13H18BrFN2/c1-17(8-7-16-10-5-6-10)9-11-12(14)3-2-4-13(11)15/h2-4,10,16H,5-9H2,1H3. The van der Waals surface area contributed by atoms with E-state index in [0.29, 0.717) is 6.54 Å². The third-order valence-corrected chi connectivity index (χ3v) is 3.74. The van der Waals surface area contributed by atoms with Crippen molar-refractivity contribution in [1.82, 2.24) is 10.2 Å². The van der Waals surface area contributed by atoms with Gasteiger partial charge in [-0.05, 0) is 32.0 Å². The average Bonchev–Trinajstić information content (AvgIpc) is 3.08. The van der Waals surface area contributed by atoms with Gasteiger partial charge in [0.05, 0.1) is 0 Å². The summed E-state index contributed by atoms with van der Waals surface area (Å²) in [7, 11) is 2.02. The Hall–Kier alpha value is -0.450. The molecule has 1 aliphatic rings. The van der Waals surface area contributed by atoms with Crippen LogP contribution < -0.4 is 5.32 Å². The quantitative estimate of drug-likeness (QED) is 0.869. The minimum absolute atomic E-state index is 0.138. The smallest absolute Gasteiger partial charge is 0.128 e. The molecule has 1 aromatic rings. The highest BCUT2D eigenvalue weighted by Crippen LogP contribution is 2.21. The van der Waals surface area contributed by atoms with Gasteiger partial charge in [-0.3, -0.25) is 0 Å². The highest BCUT2D eigenvalue weighted by Gasteiger charge is 2.19. The highest BCUT2D eigenvalue weighted by molar-refractivity contribution is 9.10. The van der Waals surface area contributed by atoms with Gasteiger partial charge in [-0.1, -0.05) is 22.0 Å². The maximum Gasteiger partial charge on any atom is 0.128 e. The van der Waals surface area contributed by atoms with Crippen LogP contribution in [0.4, 0.5) is 4.39 Å². The zero-order valence-corrected chi connectivity index (χ0v) is 11.6. The van der Waals surface area contributed by atoms with Crippen molar-refractivity contribution < 1.29 is 4.39 Å². The lowest BCUT2D eigenvalue weighted by molar-refractivity contribution is 0.318.